The van der Waals surface area contributed by atoms with Crippen LogP contribution in [0.15, 0.2) is 122 Å². The zero-order chi connectivity index (χ0) is 35.2. The van der Waals surface area contributed by atoms with Crippen LogP contribution in [0.25, 0.3) is 16.9 Å². The molecule has 0 aliphatic carbocycles. The number of hydrogen-bond donors (Lipinski definition) is 4. The molecule has 3 aromatic heterocycles. The highest BCUT2D eigenvalue weighted by molar-refractivity contribution is 6.32. The Morgan fingerprint density at radius 3 is 1.80 bits per heavy atom. The number of hydrogen-bond acceptors (Lipinski definition) is 10. The predicted octanol–water partition coefficient (Wildman–Crippen LogP) is 8.09. The summed E-state index contributed by atoms with van der Waals surface area (Å²) in [4.78, 5) is 20.9. The summed E-state index contributed by atoms with van der Waals surface area (Å²) in [5.41, 5.74) is 22.5. The van der Waals surface area contributed by atoms with Gasteiger partial charge in [-0.05, 0) is 74.5 Å². The average Bonchev–Trinajstić information content (AvgIpc) is 3.44. The van der Waals surface area contributed by atoms with Gasteiger partial charge in [-0.1, -0.05) is 65.2 Å². The Morgan fingerprint density at radius 2 is 1.24 bits per heavy atom. The number of halogens is 2. The first-order valence-electron chi connectivity index (χ1n) is 14.9. The maximum atomic E-state index is 5.43. The van der Waals surface area contributed by atoms with Crippen LogP contribution < -0.4 is 27.3 Å². The number of nitrogens with two attached hydrogens (primary N) is 3. The maximum Gasteiger partial charge on any atom is 0.159 e. The van der Waals surface area contributed by atoms with Crippen molar-refractivity contribution in [1.82, 2.24) is 29.5 Å². The van der Waals surface area contributed by atoms with E-state index in [-0.39, 0.29) is 0 Å². The fourth-order valence-corrected chi connectivity index (χ4v) is 4.52. The number of aryl methyl sites for hydroxylation is 2. The third-order valence-electron chi connectivity index (χ3n) is 6.59. The van der Waals surface area contributed by atoms with Crippen molar-refractivity contribution in [3.63, 3.8) is 0 Å². The number of methoxy groups -OCH3 is 1. The summed E-state index contributed by atoms with van der Waals surface area (Å²) in [5, 5.41) is 3.90. The van der Waals surface area contributed by atoms with Crippen molar-refractivity contribution in [2.24, 2.45) is 0 Å². The molecule has 13 heteroatoms. The van der Waals surface area contributed by atoms with Crippen molar-refractivity contribution in [3.8, 4) is 11.6 Å². The minimum absolute atomic E-state index is 0.317. The van der Waals surface area contributed by atoms with Crippen molar-refractivity contribution >= 4 is 62.8 Å². The first kappa shape index (κ1) is 35.9. The SMILES string of the molecule is COc1ccc(Nc2cncc(-n3c(C)nc4ccccc43)n2)cc1.Cc1ccc(N)cc1.Clc1cncc(Cl)n1.Nc1ccccc1N. The second kappa shape index (κ2) is 17.9. The monoisotopic (exact) mass is 694 g/mol. The zero-order valence-corrected chi connectivity index (χ0v) is 28.6. The number of benzene rings is 4. The van der Waals surface area contributed by atoms with E-state index in [4.69, 9.17) is 45.1 Å². The van der Waals surface area contributed by atoms with Crippen molar-refractivity contribution < 1.29 is 4.74 Å². The molecule has 250 valence electrons. The van der Waals surface area contributed by atoms with Crippen molar-refractivity contribution in [1.29, 1.82) is 0 Å². The van der Waals surface area contributed by atoms with Crippen LogP contribution in [-0.2, 0) is 0 Å². The van der Waals surface area contributed by atoms with Crippen molar-refractivity contribution in [3.05, 3.63) is 144 Å². The molecule has 0 fully saturated rings. The highest BCUT2D eigenvalue weighted by Crippen LogP contribution is 2.22. The molecule has 0 aliphatic heterocycles. The van der Waals surface area contributed by atoms with E-state index in [9.17, 15) is 0 Å². The number of aromatic nitrogens is 6. The molecule has 0 radical (unpaired) electrons. The molecule has 7 N–H and O–H groups in total. The van der Waals surface area contributed by atoms with Gasteiger partial charge in [0.2, 0.25) is 0 Å². The number of anilines is 5. The van der Waals surface area contributed by atoms with Gasteiger partial charge in [0, 0.05) is 11.4 Å². The number of nitrogens with zero attached hydrogens (tertiary/aromatic N) is 6. The van der Waals surface area contributed by atoms with Gasteiger partial charge in [-0.25, -0.2) is 15.0 Å². The van der Waals surface area contributed by atoms with Gasteiger partial charge < -0.3 is 27.3 Å². The standard InChI is InChI=1S/C19H17N5O.C7H9N.C6H8N2.C4H2Cl2N2/c1-13-21-16-5-3-4-6-17(16)24(13)19-12-20-11-18(23-19)22-14-7-9-15(25-2)10-8-14;1-6-2-4-7(8)5-3-6;7-5-3-1-2-4-6(5)8;5-3-1-7-2-4(6)8-3/h3-12H,1-2H3,(H,22,23);2-5H,8H2,1H3;1-4H,7-8H2;1-2H. The first-order chi connectivity index (χ1) is 23.6. The fourth-order valence-electron chi connectivity index (χ4n) is 4.18. The lowest BCUT2D eigenvalue weighted by Gasteiger charge is -2.09. The molecule has 49 heavy (non-hydrogen) atoms. The predicted molar refractivity (Wildman–Crippen MR) is 201 cm³/mol. The third kappa shape index (κ3) is 11.1. The summed E-state index contributed by atoms with van der Waals surface area (Å²) in [7, 11) is 1.65. The van der Waals surface area contributed by atoms with Crippen LogP contribution in [-0.4, -0.2) is 36.6 Å². The number of nitrogen functional groups attached to an aromatic ring is 3. The van der Waals surface area contributed by atoms with Crippen LogP contribution in [0.2, 0.25) is 10.3 Å². The number of imidazole rings is 1. The van der Waals surface area contributed by atoms with Crippen LogP contribution >= 0.6 is 23.2 Å². The number of rotatable bonds is 4. The molecular formula is C36H36Cl2N10O. The Morgan fingerprint density at radius 1 is 0.653 bits per heavy atom. The second-order valence-corrected chi connectivity index (χ2v) is 11.1. The van der Waals surface area contributed by atoms with Gasteiger partial charge in [0.1, 0.15) is 21.9 Å². The molecule has 0 aliphatic rings. The molecule has 0 saturated heterocycles. The zero-order valence-electron chi connectivity index (χ0n) is 27.1. The Labute approximate surface area is 294 Å². The summed E-state index contributed by atoms with van der Waals surface area (Å²) in [5.74, 6) is 3.08. The van der Waals surface area contributed by atoms with Crippen LogP contribution in [0.5, 0.6) is 5.75 Å². The van der Waals surface area contributed by atoms with E-state index in [1.165, 1.54) is 18.0 Å². The lowest BCUT2D eigenvalue weighted by atomic mass is 10.2. The molecule has 0 amide bonds. The van der Waals surface area contributed by atoms with Crippen LogP contribution in [0.4, 0.5) is 28.6 Å². The van der Waals surface area contributed by atoms with E-state index in [0.717, 1.165) is 39.8 Å². The van der Waals surface area contributed by atoms with Crippen molar-refractivity contribution in [2.45, 2.75) is 13.8 Å². The molecule has 0 saturated carbocycles. The molecular weight excluding hydrogens is 659 g/mol. The first-order valence-corrected chi connectivity index (χ1v) is 15.6. The van der Waals surface area contributed by atoms with Gasteiger partial charge in [-0.15, -0.1) is 0 Å². The lowest BCUT2D eigenvalue weighted by Crippen LogP contribution is -2.03. The van der Waals surface area contributed by atoms with Gasteiger partial charge in [-0.2, -0.15) is 0 Å². The lowest BCUT2D eigenvalue weighted by molar-refractivity contribution is 0.415. The highest BCUT2D eigenvalue weighted by Gasteiger charge is 2.11. The summed E-state index contributed by atoms with van der Waals surface area (Å²) in [6, 6.07) is 30.7. The topological polar surface area (TPSA) is 169 Å². The Hall–Kier alpha value is -5.91. The summed E-state index contributed by atoms with van der Waals surface area (Å²) in [6.45, 7) is 4.00. The van der Waals surface area contributed by atoms with Gasteiger partial charge in [-0.3, -0.25) is 14.5 Å². The second-order valence-electron chi connectivity index (χ2n) is 10.3. The quantitative estimate of drug-likeness (QED) is 0.132. The van der Waals surface area contributed by atoms with E-state index < -0.39 is 0 Å². The summed E-state index contributed by atoms with van der Waals surface area (Å²) >= 11 is 10.8. The van der Waals surface area contributed by atoms with E-state index in [2.05, 4.69) is 30.2 Å². The minimum Gasteiger partial charge on any atom is -0.497 e. The molecule has 7 rings (SSSR count). The molecule has 0 unspecified atom stereocenters. The van der Waals surface area contributed by atoms with Crippen molar-refractivity contribution in [2.75, 3.05) is 29.6 Å². The molecule has 0 bridgehead atoms. The summed E-state index contributed by atoms with van der Waals surface area (Å²) in [6.07, 6.45) is 6.28. The minimum atomic E-state index is 0.317. The fraction of sp³-hybridized carbons (Fsp3) is 0.0833. The third-order valence-corrected chi connectivity index (χ3v) is 6.96. The van der Waals surface area contributed by atoms with E-state index in [0.29, 0.717) is 27.5 Å². The highest BCUT2D eigenvalue weighted by atomic mass is 35.5. The maximum absolute atomic E-state index is 5.43. The van der Waals surface area contributed by atoms with Gasteiger partial charge in [0.25, 0.3) is 0 Å². The van der Waals surface area contributed by atoms with Gasteiger partial charge in [0.15, 0.2) is 11.6 Å². The number of para-hydroxylation sites is 4. The Bertz CT molecular complexity index is 2010. The number of nitrogens with one attached hydrogen (secondary N) is 1. The Kier molecular flexibility index (Phi) is 13.1. The average molecular weight is 696 g/mol. The molecule has 4 aromatic carbocycles. The number of fused-ring (bicyclic) bond motifs is 1. The van der Waals surface area contributed by atoms with Crippen LogP contribution in [0, 0.1) is 13.8 Å². The molecule has 3 heterocycles. The number of ether oxygens (including phenoxy) is 1. The van der Waals surface area contributed by atoms with E-state index in [1.54, 1.807) is 31.6 Å². The van der Waals surface area contributed by atoms with Crippen LogP contribution in [0.3, 0.4) is 0 Å². The normalized spacial score (nSPS) is 9.98. The van der Waals surface area contributed by atoms with Crippen LogP contribution in [0.1, 0.15) is 11.4 Å². The molecule has 7 aromatic rings. The van der Waals surface area contributed by atoms with E-state index >= 15 is 0 Å². The van der Waals surface area contributed by atoms with Gasteiger partial charge >= 0.3 is 0 Å². The molecule has 11 nitrogen and oxygen atoms in total. The van der Waals surface area contributed by atoms with E-state index in [1.807, 2.05) is 103 Å². The smallest absolute Gasteiger partial charge is 0.159 e. The largest absolute Gasteiger partial charge is 0.497 e. The molecule has 0 atom stereocenters. The Balaban J connectivity index is 0.000000182. The van der Waals surface area contributed by atoms with Gasteiger partial charge in [0.05, 0.1) is 54.3 Å². The summed E-state index contributed by atoms with van der Waals surface area (Å²) < 4.78 is 7.18. The molecule has 0 spiro atoms.